The Morgan fingerprint density at radius 1 is 1.33 bits per heavy atom. The minimum absolute atomic E-state index is 0.0552. The topological polar surface area (TPSA) is 67.9 Å². The second-order valence-corrected chi connectivity index (χ2v) is 6.96. The number of fused-ring (bicyclic) bond motifs is 1. The highest BCUT2D eigenvalue weighted by molar-refractivity contribution is 6.37. The Hall–Kier alpha value is -2.55. The summed E-state index contributed by atoms with van der Waals surface area (Å²) in [6.07, 6.45) is 1.83. The highest BCUT2D eigenvalue weighted by atomic mass is 35.5. The number of ether oxygens (including phenoxy) is 1. The van der Waals surface area contributed by atoms with Gasteiger partial charge in [-0.15, -0.1) is 0 Å². The monoisotopic (exact) mass is 401 g/mol. The summed E-state index contributed by atoms with van der Waals surface area (Å²) in [5.74, 6) is -0.577. The zero-order valence-electron chi connectivity index (χ0n) is 15.1. The van der Waals surface area contributed by atoms with E-state index in [0.717, 1.165) is 22.2 Å². The lowest BCUT2D eigenvalue weighted by molar-refractivity contribution is 0.0519. The van der Waals surface area contributed by atoms with E-state index in [9.17, 15) is 10.1 Å². The molecule has 0 saturated heterocycles. The minimum Gasteiger partial charge on any atom is -0.461 e. The van der Waals surface area contributed by atoms with Crippen LogP contribution in [0.3, 0.4) is 0 Å². The van der Waals surface area contributed by atoms with Gasteiger partial charge < -0.3 is 9.30 Å². The van der Waals surface area contributed by atoms with E-state index in [4.69, 9.17) is 27.9 Å². The molecule has 2 heterocycles. The number of aryl methyl sites for hydroxylation is 2. The van der Waals surface area contributed by atoms with Crippen LogP contribution in [-0.2, 0) is 18.2 Å². The van der Waals surface area contributed by atoms with Crippen molar-refractivity contribution < 1.29 is 9.53 Å². The summed E-state index contributed by atoms with van der Waals surface area (Å²) in [5.41, 5.74) is 4.20. The predicted octanol–water partition coefficient (Wildman–Crippen LogP) is 4.83. The molecule has 2 aromatic heterocycles. The van der Waals surface area contributed by atoms with Crippen LogP contribution in [0.1, 0.15) is 39.8 Å². The molecule has 0 unspecified atom stereocenters. The number of nitriles is 1. The van der Waals surface area contributed by atoms with Gasteiger partial charge in [0.1, 0.15) is 0 Å². The highest BCUT2D eigenvalue weighted by Crippen LogP contribution is 2.31. The van der Waals surface area contributed by atoms with Crippen molar-refractivity contribution >= 4 is 40.1 Å². The zero-order valence-corrected chi connectivity index (χ0v) is 16.6. The third-order valence-corrected chi connectivity index (χ3v) is 5.22. The van der Waals surface area contributed by atoms with E-state index in [-0.39, 0.29) is 17.3 Å². The van der Waals surface area contributed by atoms with Gasteiger partial charge >= 0.3 is 5.97 Å². The smallest absolute Gasteiger partial charge is 0.358 e. The third kappa shape index (κ3) is 3.51. The Morgan fingerprint density at radius 2 is 2.07 bits per heavy atom. The fraction of sp³-hybridized carbons (Fsp3) is 0.250. The van der Waals surface area contributed by atoms with E-state index < -0.39 is 5.97 Å². The number of pyridine rings is 1. The molecule has 0 bridgehead atoms. The van der Waals surface area contributed by atoms with Gasteiger partial charge in [0.05, 0.1) is 28.3 Å². The standard InChI is InChI=1S/C20H17Cl2N3O2/c1-4-27-20(26)19-18(22)15(16(21)10-24-19)8-13-7-14-11(2)5-12(9-23)6-17(14)25(13)3/h5-7,10H,4,8H2,1-3H3. The second-order valence-electron chi connectivity index (χ2n) is 6.18. The lowest BCUT2D eigenvalue weighted by atomic mass is 10.1. The molecule has 3 rings (SSSR count). The average Bonchev–Trinajstić information content (AvgIpc) is 2.95. The summed E-state index contributed by atoms with van der Waals surface area (Å²) < 4.78 is 7.00. The van der Waals surface area contributed by atoms with E-state index in [1.807, 2.05) is 36.7 Å². The second kappa shape index (κ2) is 7.59. The van der Waals surface area contributed by atoms with Gasteiger partial charge in [0.25, 0.3) is 0 Å². The van der Waals surface area contributed by atoms with Crippen molar-refractivity contribution in [1.29, 1.82) is 5.26 Å². The lowest BCUT2D eigenvalue weighted by Crippen LogP contribution is -2.10. The van der Waals surface area contributed by atoms with Gasteiger partial charge in [-0.1, -0.05) is 23.2 Å². The van der Waals surface area contributed by atoms with E-state index in [1.54, 1.807) is 6.92 Å². The number of nitrogens with zero attached hydrogens (tertiary/aromatic N) is 3. The van der Waals surface area contributed by atoms with Crippen LogP contribution in [0.2, 0.25) is 10.0 Å². The van der Waals surface area contributed by atoms with Gasteiger partial charge in [-0.2, -0.15) is 5.26 Å². The zero-order chi connectivity index (χ0) is 19.7. The normalized spacial score (nSPS) is 10.8. The number of esters is 1. The quantitative estimate of drug-likeness (QED) is 0.587. The fourth-order valence-corrected chi connectivity index (χ4v) is 3.64. The number of benzene rings is 1. The van der Waals surface area contributed by atoms with Crippen LogP contribution in [0.25, 0.3) is 10.9 Å². The maximum absolute atomic E-state index is 12.1. The predicted molar refractivity (Wildman–Crippen MR) is 105 cm³/mol. The molecule has 0 atom stereocenters. The van der Waals surface area contributed by atoms with Crippen molar-refractivity contribution in [2.24, 2.45) is 7.05 Å². The van der Waals surface area contributed by atoms with Crippen molar-refractivity contribution in [3.05, 3.63) is 62.5 Å². The first-order chi connectivity index (χ1) is 12.9. The molecule has 0 spiro atoms. The number of hydrogen-bond donors (Lipinski definition) is 0. The summed E-state index contributed by atoms with van der Waals surface area (Å²) >= 11 is 12.7. The summed E-state index contributed by atoms with van der Waals surface area (Å²) in [4.78, 5) is 16.1. The highest BCUT2D eigenvalue weighted by Gasteiger charge is 2.20. The summed E-state index contributed by atoms with van der Waals surface area (Å²) in [7, 11) is 1.92. The van der Waals surface area contributed by atoms with Crippen molar-refractivity contribution in [1.82, 2.24) is 9.55 Å². The minimum atomic E-state index is -0.577. The molecule has 7 heteroatoms. The van der Waals surface area contributed by atoms with Crippen molar-refractivity contribution in [3.63, 3.8) is 0 Å². The van der Waals surface area contributed by atoms with Crippen molar-refractivity contribution in [2.45, 2.75) is 20.3 Å². The summed E-state index contributed by atoms with van der Waals surface area (Å²) in [6, 6.07) is 7.94. The van der Waals surface area contributed by atoms with Crippen LogP contribution < -0.4 is 0 Å². The van der Waals surface area contributed by atoms with Crippen LogP contribution in [0, 0.1) is 18.3 Å². The van der Waals surface area contributed by atoms with E-state index in [2.05, 4.69) is 11.1 Å². The van der Waals surface area contributed by atoms with Gasteiger partial charge in [0.15, 0.2) is 5.69 Å². The first-order valence-corrected chi connectivity index (χ1v) is 9.12. The summed E-state index contributed by atoms with van der Waals surface area (Å²) in [5, 5.41) is 10.8. The van der Waals surface area contributed by atoms with Crippen molar-refractivity contribution in [3.8, 4) is 6.07 Å². The molecule has 27 heavy (non-hydrogen) atoms. The van der Waals surface area contributed by atoms with Gasteiger partial charge in [-0.3, -0.25) is 0 Å². The van der Waals surface area contributed by atoms with E-state index in [1.165, 1.54) is 6.20 Å². The molecule has 138 valence electrons. The molecule has 0 amide bonds. The Morgan fingerprint density at radius 3 is 2.74 bits per heavy atom. The Balaban J connectivity index is 2.09. The Kier molecular flexibility index (Phi) is 5.41. The number of rotatable bonds is 4. The maximum atomic E-state index is 12.1. The number of halogens is 2. The molecule has 0 fully saturated rings. The largest absolute Gasteiger partial charge is 0.461 e. The van der Waals surface area contributed by atoms with E-state index >= 15 is 0 Å². The van der Waals surface area contributed by atoms with E-state index in [0.29, 0.717) is 22.6 Å². The van der Waals surface area contributed by atoms with Crippen LogP contribution in [0.15, 0.2) is 24.4 Å². The fourth-order valence-electron chi connectivity index (χ4n) is 3.09. The first kappa shape index (κ1) is 19.2. The molecule has 0 aliphatic heterocycles. The molecule has 1 aromatic carbocycles. The molecular weight excluding hydrogens is 385 g/mol. The molecule has 3 aromatic rings. The van der Waals surface area contributed by atoms with Crippen LogP contribution in [0.4, 0.5) is 0 Å². The third-order valence-electron chi connectivity index (χ3n) is 4.49. The number of carbonyl (C=O) groups is 1. The first-order valence-electron chi connectivity index (χ1n) is 8.36. The molecular formula is C20H17Cl2N3O2. The molecule has 0 aliphatic carbocycles. The van der Waals surface area contributed by atoms with Gasteiger partial charge in [-0.25, -0.2) is 9.78 Å². The Labute approximate surface area is 167 Å². The molecule has 0 saturated carbocycles. The van der Waals surface area contributed by atoms with Crippen LogP contribution in [-0.4, -0.2) is 22.1 Å². The Bertz CT molecular complexity index is 1100. The molecule has 5 nitrogen and oxygen atoms in total. The van der Waals surface area contributed by atoms with Crippen molar-refractivity contribution in [2.75, 3.05) is 6.61 Å². The van der Waals surface area contributed by atoms with Crippen LogP contribution >= 0.6 is 23.2 Å². The van der Waals surface area contributed by atoms with Crippen LogP contribution in [0.5, 0.6) is 0 Å². The average molecular weight is 402 g/mol. The summed E-state index contributed by atoms with van der Waals surface area (Å²) in [6.45, 7) is 3.92. The molecule has 0 aliphatic rings. The lowest BCUT2D eigenvalue weighted by Gasteiger charge is -2.11. The molecule has 0 radical (unpaired) electrons. The number of hydrogen-bond acceptors (Lipinski definition) is 4. The SMILES string of the molecule is CCOC(=O)c1ncc(Cl)c(Cc2cc3c(C)cc(C#N)cc3n2C)c1Cl. The van der Waals surface area contributed by atoms with Gasteiger partial charge in [-0.05, 0) is 43.2 Å². The number of carbonyl (C=O) groups excluding carboxylic acids is 1. The van der Waals surface area contributed by atoms with Gasteiger partial charge in [0, 0.05) is 36.3 Å². The van der Waals surface area contributed by atoms with Gasteiger partial charge in [0.2, 0.25) is 0 Å². The maximum Gasteiger partial charge on any atom is 0.358 e. The molecule has 0 N–H and O–H groups in total. The number of aromatic nitrogens is 2.